The molecular formula is C16H15N3O3S2. The first kappa shape index (κ1) is 17.8. The van der Waals surface area contributed by atoms with Crippen LogP contribution >= 0.6 is 23.1 Å². The second-order valence-electron chi connectivity index (χ2n) is 4.57. The van der Waals surface area contributed by atoms with Crippen molar-refractivity contribution in [3.63, 3.8) is 0 Å². The average molecular weight is 361 g/mol. The van der Waals surface area contributed by atoms with Crippen LogP contribution in [0.15, 0.2) is 41.8 Å². The molecule has 0 aliphatic heterocycles. The number of thioether (sulfide) groups is 1. The highest BCUT2D eigenvalue weighted by atomic mass is 32.2. The molecule has 0 fully saturated rings. The minimum absolute atomic E-state index is 0.246. The molecule has 2 aromatic rings. The summed E-state index contributed by atoms with van der Waals surface area (Å²) in [6, 6.07) is 12.6. The van der Waals surface area contributed by atoms with Crippen LogP contribution in [0.25, 0.3) is 0 Å². The van der Waals surface area contributed by atoms with Crippen molar-refractivity contribution in [3.8, 4) is 11.8 Å². The van der Waals surface area contributed by atoms with Gasteiger partial charge in [-0.1, -0.05) is 18.2 Å². The second-order valence-corrected chi connectivity index (χ2v) is 6.58. The molecule has 0 aliphatic rings. The minimum atomic E-state index is -0.501. The Kier molecular flexibility index (Phi) is 7.14. The van der Waals surface area contributed by atoms with E-state index in [0.29, 0.717) is 11.3 Å². The Morgan fingerprint density at radius 2 is 1.96 bits per heavy atom. The van der Waals surface area contributed by atoms with E-state index in [4.69, 9.17) is 10.00 Å². The minimum Gasteiger partial charge on any atom is -0.482 e. The fourth-order valence-corrected chi connectivity index (χ4v) is 3.35. The number of rotatable bonds is 7. The molecule has 0 saturated heterocycles. The second kappa shape index (κ2) is 9.60. The van der Waals surface area contributed by atoms with Crippen LogP contribution in [0, 0.1) is 11.3 Å². The summed E-state index contributed by atoms with van der Waals surface area (Å²) < 4.78 is 5.26. The first-order valence-corrected chi connectivity index (χ1v) is 9.02. The monoisotopic (exact) mass is 361 g/mol. The van der Waals surface area contributed by atoms with Crippen LogP contribution in [-0.4, -0.2) is 24.2 Å². The number of nitrogens with zero attached hydrogens (tertiary/aromatic N) is 1. The maximum absolute atomic E-state index is 11.6. The number of ether oxygens (including phenoxy) is 1. The number of carbonyl (C=O) groups is 2. The number of para-hydroxylation sites is 1. The van der Waals surface area contributed by atoms with Crippen molar-refractivity contribution in [2.45, 2.75) is 5.75 Å². The highest BCUT2D eigenvalue weighted by Crippen LogP contribution is 2.17. The SMILES string of the molecule is N#Cc1ccccc1OCC(=O)NNC(=O)CSCc1cccs1. The number of thiophene rings is 1. The highest BCUT2D eigenvalue weighted by Gasteiger charge is 2.08. The van der Waals surface area contributed by atoms with Gasteiger partial charge in [-0.3, -0.25) is 20.4 Å². The van der Waals surface area contributed by atoms with E-state index in [1.54, 1.807) is 35.6 Å². The summed E-state index contributed by atoms with van der Waals surface area (Å²) in [7, 11) is 0. The maximum atomic E-state index is 11.6. The summed E-state index contributed by atoms with van der Waals surface area (Å²) in [4.78, 5) is 24.5. The van der Waals surface area contributed by atoms with Crippen molar-refractivity contribution in [1.29, 1.82) is 5.26 Å². The van der Waals surface area contributed by atoms with E-state index in [2.05, 4.69) is 10.9 Å². The molecule has 1 aromatic carbocycles. The van der Waals surface area contributed by atoms with E-state index >= 15 is 0 Å². The summed E-state index contributed by atoms with van der Waals surface area (Å²) >= 11 is 3.10. The van der Waals surface area contributed by atoms with Crippen LogP contribution in [0.4, 0.5) is 0 Å². The number of hydrazine groups is 1. The molecular weight excluding hydrogens is 346 g/mol. The molecule has 1 aromatic heterocycles. The molecule has 24 heavy (non-hydrogen) atoms. The van der Waals surface area contributed by atoms with Crippen molar-refractivity contribution < 1.29 is 14.3 Å². The molecule has 2 amide bonds. The predicted molar refractivity (Wildman–Crippen MR) is 93.4 cm³/mol. The lowest BCUT2D eigenvalue weighted by molar-refractivity contribution is -0.128. The summed E-state index contributed by atoms with van der Waals surface area (Å²) in [5.41, 5.74) is 4.95. The van der Waals surface area contributed by atoms with E-state index in [-0.39, 0.29) is 18.3 Å². The van der Waals surface area contributed by atoms with Crippen LogP contribution < -0.4 is 15.6 Å². The van der Waals surface area contributed by atoms with E-state index < -0.39 is 5.91 Å². The number of benzene rings is 1. The van der Waals surface area contributed by atoms with Crippen LogP contribution in [0.2, 0.25) is 0 Å². The number of carbonyl (C=O) groups excluding carboxylic acids is 2. The summed E-state index contributed by atoms with van der Waals surface area (Å²) in [5, 5.41) is 10.9. The Hall–Kier alpha value is -2.50. The molecule has 0 bridgehead atoms. The number of nitrogens with one attached hydrogen (secondary N) is 2. The molecule has 8 heteroatoms. The van der Waals surface area contributed by atoms with Gasteiger partial charge in [0, 0.05) is 10.6 Å². The van der Waals surface area contributed by atoms with Gasteiger partial charge in [-0.2, -0.15) is 5.26 Å². The Morgan fingerprint density at radius 3 is 2.71 bits per heavy atom. The molecule has 0 atom stereocenters. The van der Waals surface area contributed by atoms with Gasteiger partial charge < -0.3 is 4.74 Å². The van der Waals surface area contributed by atoms with E-state index in [9.17, 15) is 9.59 Å². The summed E-state index contributed by atoms with van der Waals surface area (Å²) in [6.07, 6.45) is 0. The summed E-state index contributed by atoms with van der Waals surface area (Å²) in [6.45, 7) is -0.290. The molecule has 0 radical (unpaired) electrons. The van der Waals surface area contributed by atoms with Gasteiger partial charge in [0.2, 0.25) is 5.91 Å². The quantitative estimate of drug-likeness (QED) is 0.737. The van der Waals surface area contributed by atoms with Crippen LogP contribution in [-0.2, 0) is 15.3 Å². The summed E-state index contributed by atoms with van der Waals surface area (Å²) in [5.74, 6) is 0.540. The molecule has 0 aliphatic carbocycles. The van der Waals surface area contributed by atoms with Gasteiger partial charge in [0.1, 0.15) is 11.8 Å². The van der Waals surface area contributed by atoms with Crippen molar-refractivity contribution in [2.75, 3.05) is 12.4 Å². The van der Waals surface area contributed by atoms with E-state index in [1.807, 2.05) is 23.6 Å². The van der Waals surface area contributed by atoms with Gasteiger partial charge in [0.05, 0.1) is 11.3 Å². The van der Waals surface area contributed by atoms with Gasteiger partial charge in [0.15, 0.2) is 6.61 Å². The number of hydrogen-bond donors (Lipinski definition) is 2. The van der Waals surface area contributed by atoms with Gasteiger partial charge in [-0.05, 0) is 23.6 Å². The Labute approximate surface area is 147 Å². The van der Waals surface area contributed by atoms with Gasteiger partial charge in [-0.15, -0.1) is 23.1 Å². The van der Waals surface area contributed by atoms with Gasteiger partial charge in [0.25, 0.3) is 5.91 Å². The maximum Gasteiger partial charge on any atom is 0.276 e. The molecule has 2 rings (SSSR count). The van der Waals surface area contributed by atoms with Crippen LogP contribution in [0.3, 0.4) is 0 Å². The fraction of sp³-hybridized carbons (Fsp3) is 0.188. The Morgan fingerprint density at radius 1 is 1.17 bits per heavy atom. The molecule has 0 spiro atoms. The van der Waals surface area contributed by atoms with Gasteiger partial charge >= 0.3 is 0 Å². The zero-order chi connectivity index (χ0) is 17.2. The molecule has 6 nitrogen and oxygen atoms in total. The number of nitriles is 1. The third-order valence-electron chi connectivity index (χ3n) is 2.77. The third kappa shape index (κ3) is 5.95. The topological polar surface area (TPSA) is 91.2 Å². The predicted octanol–water partition coefficient (Wildman–Crippen LogP) is 2.08. The van der Waals surface area contributed by atoms with E-state index in [1.165, 1.54) is 16.6 Å². The smallest absolute Gasteiger partial charge is 0.276 e. The normalized spacial score (nSPS) is 9.79. The van der Waals surface area contributed by atoms with Crippen molar-refractivity contribution >= 4 is 34.9 Å². The average Bonchev–Trinajstić information content (AvgIpc) is 3.11. The largest absolute Gasteiger partial charge is 0.482 e. The Bertz CT molecular complexity index is 726. The van der Waals surface area contributed by atoms with Crippen LogP contribution in [0.5, 0.6) is 5.75 Å². The van der Waals surface area contributed by atoms with Crippen molar-refractivity contribution in [3.05, 3.63) is 52.2 Å². The first-order chi connectivity index (χ1) is 11.7. The first-order valence-electron chi connectivity index (χ1n) is 6.99. The molecule has 1 heterocycles. The van der Waals surface area contributed by atoms with E-state index in [0.717, 1.165) is 5.75 Å². The number of hydrogen-bond acceptors (Lipinski definition) is 6. The van der Waals surface area contributed by atoms with Crippen LogP contribution in [0.1, 0.15) is 10.4 Å². The Balaban J connectivity index is 1.63. The van der Waals surface area contributed by atoms with Crippen molar-refractivity contribution in [1.82, 2.24) is 10.9 Å². The highest BCUT2D eigenvalue weighted by molar-refractivity contribution is 7.99. The number of amides is 2. The molecule has 124 valence electrons. The zero-order valence-corrected chi connectivity index (χ0v) is 14.3. The lowest BCUT2D eigenvalue weighted by Gasteiger charge is -2.09. The lowest BCUT2D eigenvalue weighted by Crippen LogP contribution is -2.44. The fourth-order valence-electron chi connectivity index (χ4n) is 1.68. The standard InChI is InChI=1S/C16H15N3O3S2/c17-8-12-4-1-2-6-14(12)22-9-15(20)18-19-16(21)11-23-10-13-5-3-7-24-13/h1-7H,9-11H2,(H,18,20)(H,19,21). The molecule has 2 N–H and O–H groups in total. The molecule has 0 unspecified atom stereocenters. The van der Waals surface area contributed by atoms with Gasteiger partial charge in [-0.25, -0.2) is 0 Å². The zero-order valence-electron chi connectivity index (χ0n) is 12.7. The van der Waals surface area contributed by atoms with Crippen molar-refractivity contribution in [2.24, 2.45) is 0 Å². The lowest BCUT2D eigenvalue weighted by atomic mass is 10.2. The third-order valence-corrected chi connectivity index (χ3v) is 4.81. The molecule has 0 saturated carbocycles.